The molecule has 0 bridgehead atoms. The summed E-state index contributed by atoms with van der Waals surface area (Å²) in [5, 5.41) is 0.189. The monoisotopic (exact) mass is 285 g/mol. The Kier molecular flexibility index (Phi) is 5.15. The van der Waals surface area contributed by atoms with Crippen molar-refractivity contribution in [1.82, 2.24) is 19.9 Å². The third-order valence-corrected chi connectivity index (χ3v) is 3.18. The number of ether oxygens (including phenoxy) is 1. The number of halogens is 1. The number of likely N-dealkylation sites (N-methyl/N-ethyl adjacent to an activating group) is 1. The molecule has 1 fully saturated rings. The second-order valence-corrected chi connectivity index (χ2v) is 5.02. The fraction of sp³-hybridized carbons (Fsp3) is 0.750. The van der Waals surface area contributed by atoms with E-state index in [9.17, 15) is 0 Å². The average molecular weight is 286 g/mol. The van der Waals surface area contributed by atoms with E-state index in [1.54, 1.807) is 0 Å². The van der Waals surface area contributed by atoms with Crippen LogP contribution >= 0.6 is 11.6 Å². The Morgan fingerprint density at radius 1 is 1.16 bits per heavy atom. The molecule has 0 saturated carbocycles. The maximum absolute atomic E-state index is 5.94. The van der Waals surface area contributed by atoms with Crippen LogP contribution in [-0.2, 0) is 0 Å². The van der Waals surface area contributed by atoms with Gasteiger partial charge in [0.15, 0.2) is 0 Å². The summed E-state index contributed by atoms with van der Waals surface area (Å²) in [6.07, 6.45) is 2.00. The van der Waals surface area contributed by atoms with Gasteiger partial charge in [-0.05, 0) is 38.0 Å². The van der Waals surface area contributed by atoms with Gasteiger partial charge in [-0.15, -0.1) is 0 Å². The lowest BCUT2D eigenvalue weighted by Crippen LogP contribution is -2.30. The predicted octanol–water partition coefficient (Wildman–Crippen LogP) is 1.46. The minimum Gasteiger partial charge on any atom is -0.463 e. The molecule has 1 saturated heterocycles. The van der Waals surface area contributed by atoms with Crippen LogP contribution in [-0.4, -0.2) is 59.7 Å². The van der Waals surface area contributed by atoms with Gasteiger partial charge in [-0.2, -0.15) is 15.0 Å². The van der Waals surface area contributed by atoms with Crippen LogP contribution in [0.5, 0.6) is 6.01 Å². The van der Waals surface area contributed by atoms with Gasteiger partial charge in [-0.3, -0.25) is 0 Å². The third-order valence-electron chi connectivity index (χ3n) is 3.01. The van der Waals surface area contributed by atoms with E-state index < -0.39 is 0 Å². The SMILES string of the molecule is CCCOc1nc(Cl)nc(N2CCCN(C)CC2)n1. The first-order chi connectivity index (χ1) is 9.19. The zero-order valence-corrected chi connectivity index (χ0v) is 12.2. The molecule has 0 aromatic carbocycles. The van der Waals surface area contributed by atoms with E-state index in [2.05, 4.69) is 31.8 Å². The smallest absolute Gasteiger partial charge is 0.322 e. The first-order valence-electron chi connectivity index (χ1n) is 6.67. The van der Waals surface area contributed by atoms with E-state index in [-0.39, 0.29) is 5.28 Å². The molecule has 6 nitrogen and oxygen atoms in total. The van der Waals surface area contributed by atoms with Crippen molar-refractivity contribution in [2.45, 2.75) is 19.8 Å². The first-order valence-corrected chi connectivity index (χ1v) is 7.04. The van der Waals surface area contributed by atoms with Gasteiger partial charge in [-0.1, -0.05) is 6.92 Å². The van der Waals surface area contributed by atoms with Crippen molar-refractivity contribution in [3.8, 4) is 6.01 Å². The Bertz CT molecular complexity index is 417. The molecule has 0 radical (unpaired) electrons. The zero-order chi connectivity index (χ0) is 13.7. The van der Waals surface area contributed by atoms with Crippen molar-refractivity contribution in [3.63, 3.8) is 0 Å². The molecule has 2 heterocycles. The quantitative estimate of drug-likeness (QED) is 0.835. The Balaban J connectivity index is 2.11. The Morgan fingerprint density at radius 2 is 2.00 bits per heavy atom. The van der Waals surface area contributed by atoms with E-state index in [1.165, 1.54) is 0 Å². The summed E-state index contributed by atoms with van der Waals surface area (Å²) in [5.41, 5.74) is 0. The molecule has 0 spiro atoms. The maximum Gasteiger partial charge on any atom is 0.322 e. The standard InChI is InChI=1S/C12H20ClN5O/c1-3-9-19-12-15-10(13)14-11(16-12)18-6-4-5-17(2)7-8-18/h3-9H2,1-2H3. The van der Waals surface area contributed by atoms with E-state index in [1.807, 2.05) is 6.92 Å². The van der Waals surface area contributed by atoms with Crippen LogP contribution in [0.15, 0.2) is 0 Å². The van der Waals surface area contributed by atoms with Crippen molar-refractivity contribution < 1.29 is 4.74 Å². The average Bonchev–Trinajstić information content (AvgIpc) is 2.60. The van der Waals surface area contributed by atoms with Gasteiger partial charge < -0.3 is 14.5 Å². The molecule has 19 heavy (non-hydrogen) atoms. The van der Waals surface area contributed by atoms with Crippen molar-refractivity contribution in [2.75, 3.05) is 44.7 Å². The van der Waals surface area contributed by atoms with E-state index >= 15 is 0 Å². The zero-order valence-electron chi connectivity index (χ0n) is 11.5. The summed E-state index contributed by atoms with van der Waals surface area (Å²) in [4.78, 5) is 17.0. The molecule has 1 aromatic heterocycles. The third kappa shape index (κ3) is 4.18. The van der Waals surface area contributed by atoms with Crippen LogP contribution < -0.4 is 9.64 Å². The van der Waals surface area contributed by atoms with E-state index in [0.29, 0.717) is 18.6 Å². The van der Waals surface area contributed by atoms with Gasteiger partial charge in [0.2, 0.25) is 11.2 Å². The fourth-order valence-electron chi connectivity index (χ4n) is 1.97. The van der Waals surface area contributed by atoms with Crippen LogP contribution in [0, 0.1) is 0 Å². The van der Waals surface area contributed by atoms with Crippen molar-refractivity contribution in [1.29, 1.82) is 0 Å². The van der Waals surface area contributed by atoms with Crippen LogP contribution in [0.4, 0.5) is 5.95 Å². The van der Waals surface area contributed by atoms with E-state index in [0.717, 1.165) is 39.0 Å². The van der Waals surface area contributed by atoms with Crippen molar-refractivity contribution in [3.05, 3.63) is 5.28 Å². The molecule has 1 aliphatic heterocycles. The van der Waals surface area contributed by atoms with Crippen LogP contribution in [0.2, 0.25) is 5.28 Å². The summed E-state index contributed by atoms with van der Waals surface area (Å²) in [7, 11) is 2.12. The summed E-state index contributed by atoms with van der Waals surface area (Å²) in [6.45, 7) is 6.53. The number of aromatic nitrogens is 3. The molecule has 0 N–H and O–H groups in total. The van der Waals surface area contributed by atoms with Gasteiger partial charge >= 0.3 is 6.01 Å². The molecule has 0 unspecified atom stereocenters. The Labute approximate surface area is 118 Å². The van der Waals surface area contributed by atoms with Gasteiger partial charge in [0, 0.05) is 19.6 Å². The summed E-state index contributed by atoms with van der Waals surface area (Å²) in [5.74, 6) is 0.612. The van der Waals surface area contributed by atoms with Gasteiger partial charge in [0.25, 0.3) is 0 Å². The molecule has 7 heteroatoms. The van der Waals surface area contributed by atoms with Crippen LogP contribution in [0.25, 0.3) is 0 Å². The van der Waals surface area contributed by atoms with Crippen LogP contribution in [0.3, 0.4) is 0 Å². The fourth-order valence-corrected chi connectivity index (χ4v) is 2.12. The highest BCUT2D eigenvalue weighted by molar-refractivity contribution is 6.28. The lowest BCUT2D eigenvalue weighted by Gasteiger charge is -2.20. The first kappa shape index (κ1) is 14.3. The number of rotatable bonds is 4. The molecule has 1 aliphatic rings. The normalized spacial score (nSPS) is 17.3. The summed E-state index contributed by atoms with van der Waals surface area (Å²) >= 11 is 5.94. The summed E-state index contributed by atoms with van der Waals surface area (Å²) < 4.78 is 5.44. The highest BCUT2D eigenvalue weighted by atomic mass is 35.5. The molecular formula is C12H20ClN5O. The number of anilines is 1. The topological polar surface area (TPSA) is 54.4 Å². The molecule has 0 atom stereocenters. The highest BCUT2D eigenvalue weighted by Crippen LogP contribution is 2.16. The molecule has 1 aromatic rings. The number of hydrogen-bond acceptors (Lipinski definition) is 6. The van der Waals surface area contributed by atoms with Gasteiger partial charge in [-0.25, -0.2) is 0 Å². The minimum absolute atomic E-state index is 0.189. The van der Waals surface area contributed by atoms with Crippen LogP contribution in [0.1, 0.15) is 19.8 Å². The van der Waals surface area contributed by atoms with Crippen molar-refractivity contribution >= 4 is 17.5 Å². The van der Waals surface area contributed by atoms with Crippen molar-refractivity contribution in [2.24, 2.45) is 0 Å². The highest BCUT2D eigenvalue weighted by Gasteiger charge is 2.17. The number of nitrogens with zero attached hydrogens (tertiary/aromatic N) is 5. The molecule has 0 amide bonds. The summed E-state index contributed by atoms with van der Waals surface area (Å²) in [6, 6.07) is 0.314. The van der Waals surface area contributed by atoms with Gasteiger partial charge in [0.05, 0.1) is 6.61 Å². The lowest BCUT2D eigenvalue weighted by molar-refractivity contribution is 0.291. The Hall–Kier alpha value is -1.14. The Morgan fingerprint density at radius 3 is 2.79 bits per heavy atom. The molecule has 106 valence electrons. The van der Waals surface area contributed by atoms with Gasteiger partial charge in [0.1, 0.15) is 0 Å². The molecule has 2 rings (SSSR count). The largest absolute Gasteiger partial charge is 0.463 e. The second kappa shape index (κ2) is 6.86. The second-order valence-electron chi connectivity index (χ2n) is 4.68. The molecular weight excluding hydrogens is 266 g/mol. The lowest BCUT2D eigenvalue weighted by atomic mass is 10.4. The molecule has 0 aliphatic carbocycles. The maximum atomic E-state index is 5.94. The number of hydrogen-bond donors (Lipinski definition) is 0. The van der Waals surface area contributed by atoms with E-state index in [4.69, 9.17) is 16.3 Å². The predicted molar refractivity (Wildman–Crippen MR) is 75.0 cm³/mol. The minimum atomic E-state index is 0.189.